The fourth-order valence-electron chi connectivity index (χ4n) is 1.67. The lowest BCUT2D eigenvalue weighted by molar-refractivity contribution is -0.389. The Kier molecular flexibility index (Phi) is 3.62. The molecule has 0 radical (unpaired) electrons. The molecule has 0 amide bonds. The lowest BCUT2D eigenvalue weighted by Crippen LogP contribution is -2.23. The number of thiazole rings is 1. The molecule has 0 bridgehead atoms. The van der Waals surface area contributed by atoms with Crippen LogP contribution >= 0.6 is 11.3 Å². The van der Waals surface area contributed by atoms with Gasteiger partial charge >= 0.3 is 5.82 Å². The van der Waals surface area contributed by atoms with E-state index in [1.165, 1.54) is 15.7 Å². The summed E-state index contributed by atoms with van der Waals surface area (Å²) in [6, 6.07) is -0.140. The standard InChI is InChI=1S/C9H12N4O3S2/c1-6(5-18(2)16)10-7-8(13(14)15)12-3-4-17-9(12)11-7/h3-4,6,10H,5H2,1-2H3. The molecular weight excluding hydrogens is 276 g/mol. The summed E-state index contributed by atoms with van der Waals surface area (Å²) in [5, 5.41) is 15.7. The summed E-state index contributed by atoms with van der Waals surface area (Å²) in [4.78, 5) is 15.3. The van der Waals surface area contributed by atoms with Gasteiger partial charge in [-0.2, -0.15) is 9.38 Å². The van der Waals surface area contributed by atoms with Gasteiger partial charge in [-0.25, -0.2) is 0 Å². The van der Waals surface area contributed by atoms with Crippen LogP contribution < -0.4 is 5.32 Å². The van der Waals surface area contributed by atoms with E-state index in [4.69, 9.17) is 0 Å². The Balaban J connectivity index is 2.32. The fourth-order valence-corrected chi connectivity index (χ4v) is 3.17. The van der Waals surface area contributed by atoms with E-state index in [2.05, 4.69) is 10.3 Å². The van der Waals surface area contributed by atoms with Crippen molar-refractivity contribution in [3.8, 4) is 0 Å². The van der Waals surface area contributed by atoms with Crippen LogP contribution in [0.2, 0.25) is 0 Å². The lowest BCUT2D eigenvalue weighted by Gasteiger charge is -2.10. The van der Waals surface area contributed by atoms with Crippen LogP contribution in [0.1, 0.15) is 6.92 Å². The van der Waals surface area contributed by atoms with E-state index in [1.54, 1.807) is 17.8 Å². The molecule has 2 atom stereocenters. The number of imidazole rings is 1. The van der Waals surface area contributed by atoms with Crippen LogP contribution in [0.4, 0.5) is 11.6 Å². The van der Waals surface area contributed by atoms with E-state index in [9.17, 15) is 14.3 Å². The zero-order chi connectivity index (χ0) is 13.3. The van der Waals surface area contributed by atoms with Crippen molar-refractivity contribution in [3.63, 3.8) is 0 Å². The van der Waals surface area contributed by atoms with Gasteiger partial charge in [-0.1, -0.05) is 11.3 Å². The van der Waals surface area contributed by atoms with Crippen LogP contribution in [0.25, 0.3) is 4.96 Å². The predicted octanol–water partition coefficient (Wildman–Crippen LogP) is 1.48. The average molecular weight is 288 g/mol. The highest BCUT2D eigenvalue weighted by molar-refractivity contribution is 7.84. The number of nitrogens with zero attached hydrogens (tertiary/aromatic N) is 3. The molecule has 0 saturated carbocycles. The Bertz CT molecular complexity index is 606. The van der Waals surface area contributed by atoms with E-state index in [-0.39, 0.29) is 17.7 Å². The van der Waals surface area contributed by atoms with Crippen LogP contribution in [0.5, 0.6) is 0 Å². The molecular formula is C9H12N4O3S2. The third-order valence-electron chi connectivity index (χ3n) is 2.28. The van der Waals surface area contributed by atoms with Crippen molar-refractivity contribution in [1.82, 2.24) is 9.38 Å². The molecule has 2 rings (SSSR count). The number of nitrogens with one attached hydrogen (secondary N) is 1. The van der Waals surface area contributed by atoms with Gasteiger partial charge in [0.15, 0.2) is 0 Å². The molecule has 0 aromatic carbocycles. The quantitative estimate of drug-likeness (QED) is 0.665. The van der Waals surface area contributed by atoms with Gasteiger partial charge in [0.05, 0.1) is 0 Å². The first-order valence-electron chi connectivity index (χ1n) is 5.15. The number of anilines is 1. The topological polar surface area (TPSA) is 89.5 Å². The highest BCUT2D eigenvalue weighted by Gasteiger charge is 2.24. The maximum Gasteiger partial charge on any atom is 0.372 e. The first kappa shape index (κ1) is 13.0. The summed E-state index contributed by atoms with van der Waals surface area (Å²) in [7, 11) is -0.959. The Hall–Kier alpha value is -1.48. The second-order valence-electron chi connectivity index (χ2n) is 3.88. The summed E-state index contributed by atoms with van der Waals surface area (Å²) in [5.41, 5.74) is 0. The molecule has 2 heterocycles. The van der Waals surface area contributed by atoms with Crippen molar-refractivity contribution in [1.29, 1.82) is 0 Å². The minimum absolute atomic E-state index is 0.0833. The number of fused-ring (bicyclic) bond motifs is 1. The summed E-state index contributed by atoms with van der Waals surface area (Å²) in [6.45, 7) is 1.82. The van der Waals surface area contributed by atoms with Crippen LogP contribution in [-0.2, 0) is 10.8 Å². The molecule has 7 nitrogen and oxygen atoms in total. The summed E-state index contributed by atoms with van der Waals surface area (Å²) in [5.74, 6) is 0.562. The molecule has 98 valence electrons. The smallest absolute Gasteiger partial charge is 0.360 e. The second kappa shape index (κ2) is 5.02. The van der Waals surface area contributed by atoms with E-state index >= 15 is 0 Å². The molecule has 0 saturated heterocycles. The number of nitro groups is 1. The molecule has 0 aliphatic rings. The first-order chi connectivity index (χ1) is 8.49. The van der Waals surface area contributed by atoms with Crippen molar-refractivity contribution in [2.75, 3.05) is 17.3 Å². The van der Waals surface area contributed by atoms with Gasteiger partial charge in [0.1, 0.15) is 6.20 Å². The van der Waals surface area contributed by atoms with Crippen molar-refractivity contribution in [3.05, 3.63) is 21.7 Å². The highest BCUT2D eigenvalue weighted by Crippen LogP contribution is 2.28. The third-order valence-corrected chi connectivity index (χ3v) is 4.00. The first-order valence-corrected chi connectivity index (χ1v) is 7.76. The van der Waals surface area contributed by atoms with Crippen molar-refractivity contribution >= 4 is 38.7 Å². The Morgan fingerprint density at radius 2 is 2.44 bits per heavy atom. The van der Waals surface area contributed by atoms with Crippen molar-refractivity contribution in [2.24, 2.45) is 0 Å². The Labute approximate surface area is 109 Å². The number of hydrogen-bond acceptors (Lipinski definition) is 6. The minimum Gasteiger partial charge on any atom is -0.360 e. The van der Waals surface area contributed by atoms with Crippen molar-refractivity contribution in [2.45, 2.75) is 13.0 Å². The van der Waals surface area contributed by atoms with Gasteiger partial charge in [0, 0.05) is 34.2 Å². The molecule has 18 heavy (non-hydrogen) atoms. The largest absolute Gasteiger partial charge is 0.372 e. The van der Waals surface area contributed by atoms with Crippen LogP contribution in [0, 0.1) is 10.1 Å². The molecule has 2 aromatic rings. The van der Waals surface area contributed by atoms with Gasteiger partial charge in [-0.15, -0.1) is 0 Å². The zero-order valence-electron chi connectivity index (χ0n) is 9.82. The molecule has 0 aliphatic heterocycles. The van der Waals surface area contributed by atoms with Gasteiger partial charge in [-0.3, -0.25) is 4.21 Å². The monoisotopic (exact) mass is 288 g/mol. The molecule has 9 heteroatoms. The van der Waals surface area contributed by atoms with E-state index < -0.39 is 15.7 Å². The van der Waals surface area contributed by atoms with Crippen molar-refractivity contribution < 1.29 is 9.13 Å². The maximum atomic E-state index is 11.1. The average Bonchev–Trinajstić information content (AvgIpc) is 2.74. The van der Waals surface area contributed by atoms with Gasteiger partial charge < -0.3 is 15.4 Å². The van der Waals surface area contributed by atoms with E-state index in [0.717, 1.165) is 0 Å². The van der Waals surface area contributed by atoms with Gasteiger partial charge in [-0.05, 0) is 11.8 Å². The molecule has 1 N–H and O–H groups in total. The third kappa shape index (κ3) is 2.51. The van der Waals surface area contributed by atoms with E-state index in [1.807, 2.05) is 6.92 Å². The maximum absolute atomic E-state index is 11.1. The Morgan fingerprint density at radius 1 is 1.72 bits per heavy atom. The number of rotatable bonds is 5. The predicted molar refractivity (Wildman–Crippen MR) is 71.7 cm³/mol. The Morgan fingerprint density at radius 3 is 3.06 bits per heavy atom. The normalized spacial score (nSPS) is 14.6. The molecule has 2 aromatic heterocycles. The van der Waals surface area contributed by atoms with E-state index in [0.29, 0.717) is 10.7 Å². The minimum atomic E-state index is -0.959. The zero-order valence-corrected chi connectivity index (χ0v) is 11.5. The highest BCUT2D eigenvalue weighted by atomic mass is 32.2. The van der Waals surface area contributed by atoms with Gasteiger partial charge in [0.2, 0.25) is 5.82 Å². The van der Waals surface area contributed by atoms with Crippen LogP contribution in [0.15, 0.2) is 11.6 Å². The molecule has 2 unspecified atom stereocenters. The van der Waals surface area contributed by atoms with Gasteiger partial charge in [0.25, 0.3) is 4.96 Å². The molecule has 0 spiro atoms. The summed E-state index contributed by atoms with van der Waals surface area (Å²) in [6.07, 6.45) is 3.21. The lowest BCUT2D eigenvalue weighted by atomic mass is 10.4. The van der Waals surface area contributed by atoms with Crippen LogP contribution in [-0.4, -0.2) is 36.6 Å². The summed E-state index contributed by atoms with van der Waals surface area (Å²) >= 11 is 1.33. The molecule has 0 aliphatic carbocycles. The molecule has 0 fully saturated rings. The number of aromatic nitrogens is 2. The SMILES string of the molecule is CC(CS(C)=O)Nc1nc2sccn2c1[N+](=O)[O-]. The van der Waals surface area contributed by atoms with Crippen LogP contribution in [0.3, 0.4) is 0 Å². The number of hydrogen-bond donors (Lipinski definition) is 1. The fraction of sp³-hybridized carbons (Fsp3) is 0.444. The second-order valence-corrected chi connectivity index (χ2v) is 6.23. The summed E-state index contributed by atoms with van der Waals surface area (Å²) < 4.78 is 12.5.